The summed E-state index contributed by atoms with van der Waals surface area (Å²) in [4.78, 5) is 12.8. The summed E-state index contributed by atoms with van der Waals surface area (Å²) in [5.74, 6) is 0.240. The fraction of sp³-hybridized carbons (Fsp3) is 0.0556. The van der Waals surface area contributed by atoms with Crippen LogP contribution in [-0.4, -0.2) is 19.0 Å². The molecule has 0 spiro atoms. The molecule has 27 heavy (non-hydrogen) atoms. The lowest BCUT2D eigenvalue weighted by molar-refractivity contribution is -0.137. The van der Waals surface area contributed by atoms with Crippen LogP contribution in [0.5, 0.6) is 0 Å². The van der Waals surface area contributed by atoms with Crippen molar-refractivity contribution in [3.8, 4) is 22.8 Å². The number of hydrogen-bond donors (Lipinski definition) is 0. The topological polar surface area (TPSA) is 43.6 Å². The monoisotopic (exact) mass is 408 g/mol. The Labute approximate surface area is 161 Å². The van der Waals surface area contributed by atoms with Crippen LogP contribution in [0.1, 0.15) is 5.56 Å². The SMILES string of the molecule is FC(F)(F)c1ccc2nc(-c3ccc(-c4ncccc4Cl)cn3)n(Cl)c2c1. The van der Waals surface area contributed by atoms with Crippen LogP contribution < -0.4 is 0 Å². The first-order valence-electron chi connectivity index (χ1n) is 7.68. The van der Waals surface area contributed by atoms with Crippen molar-refractivity contribution < 1.29 is 13.2 Å². The Morgan fingerprint density at radius 2 is 1.81 bits per heavy atom. The molecule has 0 amide bonds. The predicted octanol–water partition coefficient (Wildman–Crippen LogP) is 5.83. The molecule has 0 atom stereocenters. The molecule has 0 saturated heterocycles. The van der Waals surface area contributed by atoms with Gasteiger partial charge in [0.05, 0.1) is 27.3 Å². The van der Waals surface area contributed by atoms with E-state index in [0.717, 1.165) is 16.2 Å². The molecule has 0 saturated carbocycles. The lowest BCUT2D eigenvalue weighted by atomic mass is 10.2. The third kappa shape index (κ3) is 3.24. The fourth-order valence-corrected chi connectivity index (χ4v) is 3.14. The molecule has 0 radical (unpaired) electrons. The number of halogens is 5. The van der Waals surface area contributed by atoms with Gasteiger partial charge in [0.1, 0.15) is 5.69 Å². The molecule has 4 nitrogen and oxygen atoms in total. The van der Waals surface area contributed by atoms with E-state index in [-0.39, 0.29) is 11.3 Å². The zero-order chi connectivity index (χ0) is 19.2. The molecule has 0 fully saturated rings. The first kappa shape index (κ1) is 17.8. The highest BCUT2D eigenvalue weighted by Gasteiger charge is 2.31. The van der Waals surface area contributed by atoms with Crippen molar-refractivity contribution >= 4 is 34.4 Å². The molecule has 4 aromatic rings. The van der Waals surface area contributed by atoms with Crippen molar-refractivity contribution in [3.63, 3.8) is 0 Å². The maximum Gasteiger partial charge on any atom is 0.416 e. The van der Waals surface area contributed by atoms with Gasteiger partial charge in [-0.25, -0.2) is 9.07 Å². The number of pyridine rings is 2. The smallest absolute Gasteiger partial charge is 0.255 e. The van der Waals surface area contributed by atoms with Crippen molar-refractivity contribution in [2.75, 3.05) is 0 Å². The van der Waals surface area contributed by atoms with Crippen LogP contribution in [0, 0.1) is 0 Å². The van der Waals surface area contributed by atoms with Gasteiger partial charge in [0.2, 0.25) is 0 Å². The van der Waals surface area contributed by atoms with Crippen molar-refractivity contribution in [1.82, 2.24) is 19.0 Å². The second-order valence-electron chi connectivity index (χ2n) is 5.68. The van der Waals surface area contributed by atoms with Gasteiger partial charge in [0.15, 0.2) is 5.82 Å². The average Bonchev–Trinajstić information content (AvgIpc) is 2.98. The number of nitrogens with zero attached hydrogens (tertiary/aromatic N) is 4. The van der Waals surface area contributed by atoms with E-state index in [4.69, 9.17) is 23.4 Å². The highest BCUT2D eigenvalue weighted by Crippen LogP contribution is 2.33. The molecule has 3 aromatic heterocycles. The second kappa shape index (κ2) is 6.51. The third-order valence-corrected chi connectivity index (χ3v) is 4.60. The van der Waals surface area contributed by atoms with Gasteiger partial charge in [-0.1, -0.05) is 11.6 Å². The predicted molar refractivity (Wildman–Crippen MR) is 97.5 cm³/mol. The van der Waals surface area contributed by atoms with E-state index < -0.39 is 11.7 Å². The van der Waals surface area contributed by atoms with E-state index in [2.05, 4.69) is 15.0 Å². The Balaban J connectivity index is 1.76. The normalized spacial score (nSPS) is 11.9. The Hall–Kier alpha value is -2.64. The van der Waals surface area contributed by atoms with Crippen molar-refractivity contribution in [2.24, 2.45) is 0 Å². The summed E-state index contributed by atoms with van der Waals surface area (Å²) < 4.78 is 39.8. The maximum atomic E-state index is 12.9. The summed E-state index contributed by atoms with van der Waals surface area (Å²) in [7, 11) is 0. The van der Waals surface area contributed by atoms with Crippen LogP contribution in [0.3, 0.4) is 0 Å². The zero-order valence-electron chi connectivity index (χ0n) is 13.4. The molecule has 0 N–H and O–H groups in total. The molecular weight excluding hydrogens is 400 g/mol. The third-order valence-electron chi connectivity index (χ3n) is 3.95. The van der Waals surface area contributed by atoms with Crippen LogP contribution in [-0.2, 0) is 6.18 Å². The number of rotatable bonds is 2. The maximum absolute atomic E-state index is 12.9. The van der Waals surface area contributed by atoms with Gasteiger partial charge >= 0.3 is 6.18 Å². The molecule has 4 rings (SSSR count). The summed E-state index contributed by atoms with van der Waals surface area (Å²) in [5.41, 5.74) is 1.38. The van der Waals surface area contributed by atoms with Crippen LogP contribution >= 0.6 is 23.4 Å². The van der Waals surface area contributed by atoms with Crippen LogP contribution in [0.25, 0.3) is 33.8 Å². The Bertz CT molecular complexity index is 1140. The van der Waals surface area contributed by atoms with Gasteiger partial charge < -0.3 is 0 Å². The largest absolute Gasteiger partial charge is 0.416 e. The van der Waals surface area contributed by atoms with Gasteiger partial charge in [-0.3, -0.25) is 9.97 Å². The molecule has 3 heterocycles. The number of imidazole rings is 1. The van der Waals surface area contributed by atoms with Crippen LogP contribution in [0.15, 0.2) is 54.9 Å². The lowest BCUT2D eigenvalue weighted by Crippen LogP contribution is -2.04. The van der Waals surface area contributed by atoms with Gasteiger partial charge in [-0.2, -0.15) is 13.2 Å². The van der Waals surface area contributed by atoms with E-state index in [1.165, 1.54) is 6.07 Å². The molecule has 0 unspecified atom stereocenters. The Kier molecular flexibility index (Phi) is 4.28. The zero-order valence-corrected chi connectivity index (χ0v) is 14.9. The van der Waals surface area contributed by atoms with E-state index in [1.807, 2.05) is 0 Å². The minimum atomic E-state index is -4.46. The van der Waals surface area contributed by atoms with Gasteiger partial charge in [-0.05, 0) is 42.5 Å². The van der Waals surface area contributed by atoms with E-state index in [0.29, 0.717) is 27.5 Å². The summed E-state index contributed by atoms with van der Waals surface area (Å²) in [6.45, 7) is 0. The highest BCUT2D eigenvalue weighted by atomic mass is 35.5. The van der Waals surface area contributed by atoms with E-state index in [9.17, 15) is 13.2 Å². The quantitative estimate of drug-likeness (QED) is 0.418. The van der Waals surface area contributed by atoms with Crippen LogP contribution in [0.4, 0.5) is 13.2 Å². The molecule has 0 aliphatic rings. The number of benzene rings is 1. The Morgan fingerprint density at radius 3 is 2.48 bits per heavy atom. The standard InChI is InChI=1S/C18H9Cl2F3N4/c19-12-2-1-7-24-16(12)10-3-5-14(25-9-10)17-26-13-6-4-11(18(21,22)23)8-15(13)27(17)20/h1-9H. The number of aromatic nitrogens is 4. The summed E-state index contributed by atoms with van der Waals surface area (Å²) in [5, 5.41) is 0.483. The van der Waals surface area contributed by atoms with Gasteiger partial charge in [0, 0.05) is 29.7 Å². The molecule has 1 aromatic carbocycles. The van der Waals surface area contributed by atoms with Crippen molar-refractivity contribution in [2.45, 2.75) is 6.18 Å². The number of fused-ring (bicyclic) bond motifs is 1. The average molecular weight is 409 g/mol. The van der Waals surface area contributed by atoms with Gasteiger partial charge in [-0.15, -0.1) is 0 Å². The van der Waals surface area contributed by atoms with Crippen LogP contribution in [0.2, 0.25) is 5.02 Å². The summed E-state index contributed by atoms with van der Waals surface area (Å²) in [6, 6.07) is 10.0. The van der Waals surface area contributed by atoms with Crippen molar-refractivity contribution in [1.29, 1.82) is 0 Å². The van der Waals surface area contributed by atoms with Crippen molar-refractivity contribution in [3.05, 3.63) is 65.4 Å². The first-order chi connectivity index (χ1) is 12.8. The molecule has 0 aliphatic heterocycles. The molecule has 9 heteroatoms. The number of alkyl halides is 3. The van der Waals surface area contributed by atoms with Gasteiger partial charge in [0.25, 0.3) is 0 Å². The molecule has 0 bridgehead atoms. The molecule has 0 aliphatic carbocycles. The lowest BCUT2D eigenvalue weighted by Gasteiger charge is -2.06. The fourth-order valence-electron chi connectivity index (χ4n) is 2.65. The molecular formula is C18H9Cl2F3N4. The van der Waals surface area contributed by atoms with E-state index >= 15 is 0 Å². The minimum absolute atomic E-state index is 0.153. The number of hydrogen-bond acceptors (Lipinski definition) is 3. The minimum Gasteiger partial charge on any atom is -0.255 e. The molecule has 136 valence electrons. The summed E-state index contributed by atoms with van der Waals surface area (Å²) in [6.07, 6.45) is -1.29. The van der Waals surface area contributed by atoms with E-state index in [1.54, 1.807) is 36.7 Å². The second-order valence-corrected chi connectivity index (χ2v) is 6.43. The Morgan fingerprint density at radius 1 is 1.00 bits per heavy atom. The first-order valence-corrected chi connectivity index (χ1v) is 8.39. The summed E-state index contributed by atoms with van der Waals surface area (Å²) >= 11 is 12.3. The highest BCUT2D eigenvalue weighted by molar-refractivity contribution is 6.33.